The summed E-state index contributed by atoms with van der Waals surface area (Å²) in [5.74, 6) is -2.98. The fraction of sp³-hybridized carbons (Fsp3) is 0.344. The Morgan fingerprint density at radius 2 is 1.62 bits per heavy atom. The third-order valence-electron chi connectivity index (χ3n) is 8.18. The van der Waals surface area contributed by atoms with Crippen molar-refractivity contribution in [2.45, 2.75) is 67.1 Å². The first-order valence-corrected chi connectivity index (χ1v) is 19.6. The molecule has 1 aliphatic carbocycles. The van der Waals surface area contributed by atoms with E-state index < -0.39 is 83.6 Å². The third-order valence-corrected chi connectivity index (χ3v) is 12.5. The largest absolute Gasteiger partial charge is 0.417 e. The number of thiazole rings is 1. The van der Waals surface area contributed by atoms with E-state index in [9.17, 15) is 47.6 Å². The highest BCUT2D eigenvalue weighted by Gasteiger charge is 2.39. The van der Waals surface area contributed by atoms with E-state index in [0.717, 1.165) is 29.5 Å². The van der Waals surface area contributed by atoms with Crippen molar-refractivity contribution in [2.75, 3.05) is 16.3 Å². The Bertz CT molecular complexity index is 2200. The number of aromatic nitrogens is 3. The first-order valence-electron chi connectivity index (χ1n) is 15.4. The van der Waals surface area contributed by atoms with Gasteiger partial charge >= 0.3 is 12.4 Å². The average molecular weight is 796 g/mol. The molecule has 1 aliphatic rings. The molecule has 0 spiro atoms. The zero-order valence-corrected chi connectivity index (χ0v) is 29.4. The van der Waals surface area contributed by atoms with E-state index in [1.54, 1.807) is 4.72 Å². The molecule has 20 heteroatoms. The predicted molar refractivity (Wildman–Crippen MR) is 180 cm³/mol. The number of sulfone groups is 1. The summed E-state index contributed by atoms with van der Waals surface area (Å²) in [7, 11) is -8.61. The lowest BCUT2D eigenvalue weighted by Crippen LogP contribution is -2.32. The minimum absolute atomic E-state index is 0.0342. The second kappa shape index (κ2) is 14.7. The second-order valence-corrected chi connectivity index (χ2v) is 17.0. The Kier molecular flexibility index (Phi) is 11.0. The number of halogens is 8. The summed E-state index contributed by atoms with van der Waals surface area (Å²) in [6.45, 7) is 3.69. The maximum atomic E-state index is 16.2. The van der Waals surface area contributed by atoms with Crippen molar-refractivity contribution in [3.63, 3.8) is 0 Å². The van der Waals surface area contributed by atoms with Crippen molar-refractivity contribution in [2.24, 2.45) is 0 Å². The number of alkyl halides is 6. The van der Waals surface area contributed by atoms with Crippen LogP contribution in [0.1, 0.15) is 49.1 Å². The zero-order chi connectivity index (χ0) is 38.2. The lowest BCUT2D eigenvalue weighted by molar-refractivity contribution is -0.140. The number of nitrogens with zero attached hydrogens (tertiary/aromatic N) is 3. The monoisotopic (exact) mass is 795 g/mol. The molecule has 1 fully saturated rings. The lowest BCUT2D eigenvalue weighted by Gasteiger charge is -2.28. The molecule has 5 rings (SSSR count). The molecule has 0 saturated heterocycles. The minimum Gasteiger partial charge on any atom is -0.351 e. The summed E-state index contributed by atoms with van der Waals surface area (Å²) in [6, 6.07) is 5.90. The molecule has 0 atom stereocenters. The van der Waals surface area contributed by atoms with E-state index in [1.165, 1.54) is 18.5 Å². The van der Waals surface area contributed by atoms with Gasteiger partial charge in [0, 0.05) is 30.5 Å². The Balaban J connectivity index is 1.53. The topological polar surface area (TPSA) is 131 Å². The van der Waals surface area contributed by atoms with Gasteiger partial charge in [0.25, 0.3) is 10.0 Å². The van der Waals surface area contributed by atoms with E-state index in [-0.39, 0.29) is 38.8 Å². The molecule has 2 N–H and O–H groups in total. The molecule has 52 heavy (non-hydrogen) atoms. The number of sulfonamides is 1. The molecule has 0 bridgehead atoms. The number of rotatable bonds is 11. The van der Waals surface area contributed by atoms with Gasteiger partial charge in [-0.15, -0.1) is 11.3 Å². The quantitative estimate of drug-likeness (QED) is 0.145. The Hall–Kier alpha value is -4.17. The standard InChI is InChI=1S/C32H29F8N5O4S3/c1-17(13-15-31(35,36)37)29-44-26(27(50-29)24-14-16-41-30(43-24)42-18-9-11-19(12-10-18)51(2,46)47)20-5-3-8-23(25(20)34)45-52(48,49)28-21(32(38,39)40)6-4-7-22(28)33/h3-8,14,16,18-19,45H,1,9-13,15H2,2H3,(H,41,42,43). The summed E-state index contributed by atoms with van der Waals surface area (Å²) < 4.78 is 163. The smallest absolute Gasteiger partial charge is 0.351 e. The van der Waals surface area contributed by atoms with Crippen molar-refractivity contribution < 1.29 is 52.0 Å². The van der Waals surface area contributed by atoms with Crippen molar-refractivity contribution in [1.29, 1.82) is 0 Å². The van der Waals surface area contributed by atoms with Crippen LogP contribution in [0.4, 0.5) is 46.8 Å². The van der Waals surface area contributed by atoms with Gasteiger partial charge in [-0.3, -0.25) is 4.72 Å². The number of anilines is 2. The van der Waals surface area contributed by atoms with Gasteiger partial charge in [0.2, 0.25) is 5.95 Å². The summed E-state index contributed by atoms with van der Waals surface area (Å²) in [5.41, 5.74) is -3.26. The molecular weight excluding hydrogens is 767 g/mol. The van der Waals surface area contributed by atoms with Gasteiger partial charge in [0.15, 0.2) is 5.82 Å². The summed E-state index contributed by atoms with van der Waals surface area (Å²) >= 11 is 0.812. The van der Waals surface area contributed by atoms with Crippen molar-refractivity contribution >= 4 is 48.4 Å². The summed E-state index contributed by atoms with van der Waals surface area (Å²) in [4.78, 5) is 11.4. The van der Waals surface area contributed by atoms with E-state index >= 15 is 4.39 Å². The summed E-state index contributed by atoms with van der Waals surface area (Å²) in [5, 5.41) is 2.62. The Morgan fingerprint density at radius 1 is 0.942 bits per heavy atom. The number of hydrogen-bond acceptors (Lipinski definition) is 9. The maximum absolute atomic E-state index is 16.2. The van der Waals surface area contributed by atoms with Crippen LogP contribution in [0, 0.1) is 11.6 Å². The molecular formula is C32H29F8N5O4S3. The molecule has 0 aliphatic heterocycles. The third kappa shape index (κ3) is 9.06. The van der Waals surface area contributed by atoms with Crippen LogP contribution in [0.25, 0.3) is 27.4 Å². The molecule has 4 aromatic rings. The van der Waals surface area contributed by atoms with Gasteiger partial charge in [-0.2, -0.15) is 26.3 Å². The number of nitrogens with one attached hydrogen (secondary N) is 2. The Labute approximate surface area is 297 Å². The number of benzene rings is 2. The molecule has 0 unspecified atom stereocenters. The summed E-state index contributed by atoms with van der Waals surface area (Å²) in [6.07, 6.45) is -7.28. The maximum Gasteiger partial charge on any atom is 0.417 e. The fourth-order valence-electron chi connectivity index (χ4n) is 5.59. The SMILES string of the molecule is C=C(CCC(F)(F)F)c1nc(-c2cccc(NS(=O)(=O)c3c(F)cccc3C(F)(F)F)c2F)c(-c2ccnc(NC3CCC(S(C)(=O)=O)CC3)n2)s1. The second-order valence-electron chi connectivity index (χ2n) is 12.0. The van der Waals surface area contributed by atoms with Crippen LogP contribution in [0.15, 0.2) is 60.1 Å². The highest BCUT2D eigenvalue weighted by Crippen LogP contribution is 2.42. The average Bonchev–Trinajstić information content (AvgIpc) is 3.49. The fourth-order valence-corrected chi connectivity index (χ4v) is 9.12. The van der Waals surface area contributed by atoms with Crippen LogP contribution in [-0.4, -0.2) is 55.5 Å². The van der Waals surface area contributed by atoms with Crippen molar-refractivity contribution in [1.82, 2.24) is 15.0 Å². The van der Waals surface area contributed by atoms with E-state index in [0.29, 0.717) is 43.9 Å². The number of hydrogen-bond donors (Lipinski definition) is 2. The van der Waals surface area contributed by atoms with Crippen LogP contribution >= 0.6 is 11.3 Å². The van der Waals surface area contributed by atoms with Gasteiger partial charge in [0.1, 0.15) is 25.6 Å². The van der Waals surface area contributed by atoms with Gasteiger partial charge in [-0.1, -0.05) is 18.7 Å². The van der Waals surface area contributed by atoms with Gasteiger partial charge in [-0.25, -0.2) is 40.6 Å². The molecule has 280 valence electrons. The van der Waals surface area contributed by atoms with Crippen LogP contribution in [0.5, 0.6) is 0 Å². The number of allylic oxidation sites excluding steroid dienone is 1. The van der Waals surface area contributed by atoms with E-state index in [2.05, 4.69) is 26.8 Å². The normalized spacial score (nSPS) is 17.2. The van der Waals surface area contributed by atoms with Gasteiger partial charge in [0.05, 0.1) is 32.8 Å². The van der Waals surface area contributed by atoms with Crippen molar-refractivity contribution in [3.05, 3.63) is 77.4 Å². The molecule has 0 amide bonds. The first kappa shape index (κ1) is 39.0. The highest BCUT2D eigenvalue weighted by molar-refractivity contribution is 7.92. The molecule has 2 aromatic carbocycles. The Morgan fingerprint density at radius 3 is 2.25 bits per heavy atom. The molecule has 0 radical (unpaired) electrons. The van der Waals surface area contributed by atoms with Crippen LogP contribution in [0.2, 0.25) is 0 Å². The molecule has 2 aromatic heterocycles. The van der Waals surface area contributed by atoms with Gasteiger partial charge in [-0.05, 0) is 68.0 Å². The highest BCUT2D eigenvalue weighted by atomic mass is 32.2. The molecule has 9 nitrogen and oxygen atoms in total. The van der Waals surface area contributed by atoms with Crippen molar-refractivity contribution in [3.8, 4) is 21.8 Å². The lowest BCUT2D eigenvalue weighted by atomic mass is 9.95. The zero-order valence-electron chi connectivity index (χ0n) is 26.9. The van der Waals surface area contributed by atoms with E-state index in [1.807, 2.05) is 0 Å². The minimum atomic E-state index is -5.39. The van der Waals surface area contributed by atoms with E-state index in [4.69, 9.17) is 0 Å². The van der Waals surface area contributed by atoms with Crippen LogP contribution in [0.3, 0.4) is 0 Å². The predicted octanol–water partition coefficient (Wildman–Crippen LogP) is 8.49. The first-order chi connectivity index (χ1) is 24.1. The molecule has 2 heterocycles. The molecule has 1 saturated carbocycles. The van der Waals surface area contributed by atoms with Gasteiger partial charge < -0.3 is 5.32 Å². The van der Waals surface area contributed by atoms with Crippen LogP contribution in [-0.2, 0) is 26.0 Å². The van der Waals surface area contributed by atoms with Crippen LogP contribution < -0.4 is 10.0 Å².